The average Bonchev–Trinajstić information content (AvgIpc) is 2.69. The largest absolute Gasteiger partial charge is 0.480 e. The Bertz CT molecular complexity index is 596. The lowest BCUT2D eigenvalue weighted by Crippen LogP contribution is -2.47. The standard InChI is InChI=1S/C11H14BrNO4S2/c1-7-9(6-10(12)18-7)19(16,17)13-5-3-2-4-8(13)11(14)15/h6,8H,2-5H2,1H3,(H,14,15)/t8-/m1/s1. The number of thiophene rings is 1. The molecule has 1 atom stereocenters. The monoisotopic (exact) mass is 367 g/mol. The van der Waals surface area contributed by atoms with Crippen molar-refractivity contribution in [3.8, 4) is 0 Å². The second-order valence-electron chi connectivity index (χ2n) is 4.44. The van der Waals surface area contributed by atoms with Gasteiger partial charge in [0.2, 0.25) is 10.0 Å². The average molecular weight is 368 g/mol. The minimum atomic E-state index is -3.73. The lowest BCUT2D eigenvalue weighted by atomic mass is 10.1. The number of halogens is 1. The first-order valence-electron chi connectivity index (χ1n) is 5.84. The molecule has 0 spiro atoms. The number of hydrogen-bond acceptors (Lipinski definition) is 4. The molecule has 0 amide bonds. The van der Waals surface area contributed by atoms with Crippen molar-refractivity contribution in [2.24, 2.45) is 0 Å². The summed E-state index contributed by atoms with van der Waals surface area (Å²) >= 11 is 4.60. The van der Waals surface area contributed by atoms with Crippen LogP contribution in [-0.2, 0) is 14.8 Å². The van der Waals surface area contributed by atoms with Gasteiger partial charge in [0, 0.05) is 11.4 Å². The van der Waals surface area contributed by atoms with Gasteiger partial charge >= 0.3 is 5.97 Å². The van der Waals surface area contributed by atoms with E-state index < -0.39 is 22.0 Å². The quantitative estimate of drug-likeness (QED) is 0.889. The molecule has 1 fully saturated rings. The number of hydrogen-bond donors (Lipinski definition) is 1. The van der Waals surface area contributed by atoms with E-state index in [2.05, 4.69) is 15.9 Å². The van der Waals surface area contributed by atoms with Gasteiger partial charge in [0.15, 0.2) is 0 Å². The summed E-state index contributed by atoms with van der Waals surface area (Å²) in [6, 6.07) is 0.597. The van der Waals surface area contributed by atoms with Gasteiger partial charge in [-0.3, -0.25) is 4.79 Å². The molecule has 1 aliphatic heterocycles. The molecular weight excluding hydrogens is 354 g/mol. The van der Waals surface area contributed by atoms with Crippen LogP contribution in [-0.4, -0.2) is 36.4 Å². The van der Waals surface area contributed by atoms with Gasteiger partial charge < -0.3 is 5.11 Å². The maximum absolute atomic E-state index is 12.6. The zero-order valence-corrected chi connectivity index (χ0v) is 13.5. The van der Waals surface area contributed by atoms with Crippen molar-refractivity contribution < 1.29 is 18.3 Å². The molecule has 5 nitrogen and oxygen atoms in total. The van der Waals surface area contributed by atoms with Crippen LogP contribution in [0.2, 0.25) is 0 Å². The molecule has 1 saturated heterocycles. The Hall–Kier alpha value is -0.440. The summed E-state index contributed by atoms with van der Waals surface area (Å²) in [6.45, 7) is 1.99. The van der Waals surface area contributed by atoms with Crippen LogP contribution in [0.3, 0.4) is 0 Å². The first-order valence-corrected chi connectivity index (χ1v) is 8.89. The molecule has 0 unspecified atom stereocenters. The highest BCUT2D eigenvalue weighted by Gasteiger charge is 2.38. The van der Waals surface area contributed by atoms with Crippen LogP contribution < -0.4 is 0 Å². The van der Waals surface area contributed by atoms with Gasteiger partial charge in [0.05, 0.1) is 8.68 Å². The van der Waals surface area contributed by atoms with Crippen LogP contribution >= 0.6 is 27.3 Å². The van der Waals surface area contributed by atoms with Crippen LogP contribution in [0.5, 0.6) is 0 Å². The fourth-order valence-electron chi connectivity index (χ4n) is 2.25. The molecule has 1 N–H and O–H groups in total. The van der Waals surface area contributed by atoms with E-state index in [0.717, 1.165) is 14.5 Å². The van der Waals surface area contributed by atoms with Gasteiger partial charge in [0.25, 0.3) is 0 Å². The second-order valence-corrected chi connectivity index (χ2v) is 8.93. The van der Waals surface area contributed by atoms with E-state index in [1.54, 1.807) is 13.0 Å². The first kappa shape index (κ1) is 15.0. The summed E-state index contributed by atoms with van der Waals surface area (Å²) in [5.41, 5.74) is 0. The fourth-order valence-corrected chi connectivity index (χ4v) is 6.29. The second kappa shape index (κ2) is 5.51. The van der Waals surface area contributed by atoms with Crippen LogP contribution in [0.1, 0.15) is 24.1 Å². The van der Waals surface area contributed by atoms with E-state index >= 15 is 0 Å². The number of carboxylic acid groups (broad SMARTS) is 1. The highest BCUT2D eigenvalue weighted by Crippen LogP contribution is 2.33. The maximum Gasteiger partial charge on any atom is 0.322 e. The molecule has 0 radical (unpaired) electrons. The Morgan fingerprint density at radius 1 is 1.53 bits per heavy atom. The Morgan fingerprint density at radius 2 is 2.21 bits per heavy atom. The van der Waals surface area contributed by atoms with Crippen molar-refractivity contribution in [3.05, 3.63) is 14.7 Å². The molecule has 0 saturated carbocycles. The highest BCUT2D eigenvalue weighted by atomic mass is 79.9. The molecular formula is C11H14BrNO4S2. The molecule has 1 aliphatic rings. The van der Waals surface area contributed by atoms with Crippen molar-refractivity contribution in [2.45, 2.75) is 37.1 Å². The SMILES string of the molecule is Cc1sc(Br)cc1S(=O)(=O)N1CCCC[C@@H]1C(=O)O. The first-order chi connectivity index (χ1) is 8.84. The third-order valence-electron chi connectivity index (χ3n) is 3.17. The van der Waals surface area contributed by atoms with Crippen molar-refractivity contribution in [2.75, 3.05) is 6.54 Å². The summed E-state index contributed by atoms with van der Waals surface area (Å²) in [6.07, 6.45) is 1.82. The molecule has 1 aromatic rings. The van der Waals surface area contributed by atoms with Gasteiger partial charge in [0.1, 0.15) is 6.04 Å². The Balaban J connectivity index is 2.43. The molecule has 0 aromatic carbocycles. The van der Waals surface area contributed by atoms with Crippen LogP contribution in [0.4, 0.5) is 0 Å². The van der Waals surface area contributed by atoms with Crippen molar-refractivity contribution >= 4 is 43.3 Å². The van der Waals surface area contributed by atoms with E-state index in [9.17, 15) is 18.3 Å². The van der Waals surface area contributed by atoms with Crippen molar-refractivity contribution in [1.29, 1.82) is 0 Å². The predicted molar refractivity (Wildman–Crippen MR) is 75.9 cm³/mol. The number of aliphatic carboxylic acids is 1. The third-order valence-corrected chi connectivity index (χ3v) is 6.88. The molecule has 0 bridgehead atoms. The van der Waals surface area contributed by atoms with Gasteiger partial charge in [-0.25, -0.2) is 8.42 Å². The Kier molecular flexibility index (Phi) is 4.34. The summed E-state index contributed by atoms with van der Waals surface area (Å²) in [5.74, 6) is -1.07. The molecule has 1 aromatic heterocycles. The smallest absolute Gasteiger partial charge is 0.322 e. The van der Waals surface area contributed by atoms with Gasteiger partial charge in [-0.15, -0.1) is 11.3 Å². The minimum absolute atomic E-state index is 0.206. The molecule has 8 heteroatoms. The van der Waals surface area contributed by atoms with Gasteiger partial charge in [-0.1, -0.05) is 0 Å². The van der Waals surface area contributed by atoms with E-state index in [1.807, 2.05) is 0 Å². The maximum atomic E-state index is 12.6. The Labute approximate surface area is 124 Å². The number of aryl methyl sites for hydroxylation is 1. The summed E-state index contributed by atoms with van der Waals surface area (Å²) in [4.78, 5) is 12.1. The van der Waals surface area contributed by atoms with E-state index in [4.69, 9.17) is 0 Å². The molecule has 0 aliphatic carbocycles. The topological polar surface area (TPSA) is 74.7 Å². The number of carboxylic acids is 1. The molecule has 106 valence electrons. The highest BCUT2D eigenvalue weighted by molar-refractivity contribution is 9.11. The summed E-state index contributed by atoms with van der Waals surface area (Å²) in [7, 11) is -3.73. The number of sulfonamides is 1. The van der Waals surface area contributed by atoms with Crippen LogP contribution in [0, 0.1) is 6.92 Å². The predicted octanol–water partition coefficient (Wildman–Crippen LogP) is 2.45. The van der Waals surface area contributed by atoms with Crippen molar-refractivity contribution in [3.63, 3.8) is 0 Å². The molecule has 2 heterocycles. The number of rotatable bonds is 3. The van der Waals surface area contributed by atoms with Crippen LogP contribution in [0.15, 0.2) is 14.7 Å². The number of carbonyl (C=O) groups is 1. The molecule has 2 rings (SSSR count). The third kappa shape index (κ3) is 2.86. The summed E-state index contributed by atoms with van der Waals surface area (Å²) in [5, 5.41) is 9.18. The summed E-state index contributed by atoms with van der Waals surface area (Å²) < 4.78 is 27.0. The zero-order valence-electron chi connectivity index (χ0n) is 10.3. The van der Waals surface area contributed by atoms with E-state index in [1.165, 1.54) is 11.3 Å². The normalized spacial score (nSPS) is 21.5. The van der Waals surface area contributed by atoms with Crippen LogP contribution in [0.25, 0.3) is 0 Å². The number of piperidine rings is 1. The zero-order chi connectivity index (χ0) is 14.2. The van der Waals surface area contributed by atoms with Crippen molar-refractivity contribution in [1.82, 2.24) is 4.31 Å². The van der Waals surface area contributed by atoms with E-state index in [0.29, 0.717) is 17.7 Å². The van der Waals surface area contributed by atoms with E-state index in [-0.39, 0.29) is 11.4 Å². The fraction of sp³-hybridized carbons (Fsp3) is 0.545. The lowest BCUT2D eigenvalue weighted by Gasteiger charge is -2.31. The Morgan fingerprint density at radius 3 is 2.74 bits per heavy atom. The number of nitrogens with zero attached hydrogens (tertiary/aromatic N) is 1. The van der Waals surface area contributed by atoms with Gasteiger partial charge in [-0.05, 0) is 48.2 Å². The van der Waals surface area contributed by atoms with Gasteiger partial charge in [-0.2, -0.15) is 4.31 Å². The lowest BCUT2D eigenvalue weighted by molar-refractivity contribution is -0.142. The molecule has 19 heavy (non-hydrogen) atoms. The minimum Gasteiger partial charge on any atom is -0.480 e.